The summed E-state index contributed by atoms with van der Waals surface area (Å²) >= 11 is 1.60. The molecule has 0 aliphatic rings. The zero-order valence-corrected chi connectivity index (χ0v) is 15.2. The second-order valence-electron chi connectivity index (χ2n) is 5.41. The van der Waals surface area contributed by atoms with E-state index in [0.29, 0.717) is 12.2 Å². The maximum Gasteiger partial charge on any atom is 0.328 e. The molecule has 0 heterocycles. The van der Waals surface area contributed by atoms with Crippen molar-refractivity contribution in [2.45, 2.75) is 16.3 Å². The lowest BCUT2D eigenvalue weighted by Gasteiger charge is -2.13. The molecule has 2 N–H and O–H groups in total. The first-order valence-corrected chi connectivity index (χ1v) is 8.39. The van der Waals surface area contributed by atoms with Gasteiger partial charge in [0.05, 0.1) is 0 Å². The van der Waals surface area contributed by atoms with Gasteiger partial charge in [-0.2, -0.15) is 0 Å². The number of carbonyl (C=O) groups is 2. The zero-order chi connectivity index (χ0) is 19.5. The Bertz CT molecular complexity index is 762. The molecule has 5 nitrogen and oxygen atoms in total. The number of aliphatic carboxylic acids is 2. The summed E-state index contributed by atoms with van der Waals surface area (Å²) in [5, 5.41) is 15.6. The smallest absolute Gasteiger partial charge is 0.328 e. The van der Waals surface area contributed by atoms with Gasteiger partial charge in [-0.15, -0.1) is 0 Å². The Morgan fingerprint density at radius 1 is 1.04 bits per heavy atom. The van der Waals surface area contributed by atoms with Gasteiger partial charge in [-0.25, -0.2) is 14.0 Å². The van der Waals surface area contributed by atoms with Crippen LogP contribution in [-0.4, -0.2) is 41.1 Å². The van der Waals surface area contributed by atoms with Crippen LogP contribution in [0.15, 0.2) is 70.5 Å². The zero-order valence-electron chi connectivity index (χ0n) is 14.4. The highest BCUT2D eigenvalue weighted by Gasteiger charge is 2.05. The molecular weight excluding hydrogens is 357 g/mol. The molecule has 0 saturated heterocycles. The summed E-state index contributed by atoms with van der Waals surface area (Å²) < 4.78 is 13.2. The van der Waals surface area contributed by atoms with Gasteiger partial charge in [-0.1, -0.05) is 36.0 Å². The molecule has 0 bridgehead atoms. The maximum atomic E-state index is 13.2. The summed E-state index contributed by atoms with van der Waals surface area (Å²) in [6, 6.07) is 14.9. The molecule has 138 valence electrons. The fourth-order valence-corrected chi connectivity index (χ4v) is 2.86. The molecule has 26 heavy (non-hydrogen) atoms. The quantitative estimate of drug-likeness (QED) is 0.747. The normalized spacial score (nSPS) is 10.5. The van der Waals surface area contributed by atoms with Gasteiger partial charge in [-0.3, -0.25) is 0 Å². The van der Waals surface area contributed by atoms with E-state index in [1.54, 1.807) is 23.9 Å². The lowest BCUT2D eigenvalue weighted by Crippen LogP contribution is -2.11. The van der Waals surface area contributed by atoms with Crippen molar-refractivity contribution in [2.24, 2.45) is 0 Å². The van der Waals surface area contributed by atoms with Crippen LogP contribution in [-0.2, 0) is 16.1 Å². The Labute approximate surface area is 155 Å². The van der Waals surface area contributed by atoms with Crippen LogP contribution in [0.3, 0.4) is 0 Å². The topological polar surface area (TPSA) is 77.8 Å². The maximum absolute atomic E-state index is 13.2. The van der Waals surface area contributed by atoms with E-state index in [9.17, 15) is 14.0 Å². The van der Waals surface area contributed by atoms with E-state index < -0.39 is 11.9 Å². The number of benzene rings is 2. The summed E-state index contributed by atoms with van der Waals surface area (Å²) in [5.41, 5.74) is 1.26. The summed E-state index contributed by atoms with van der Waals surface area (Å²) in [6.07, 6.45) is 1.12. The van der Waals surface area contributed by atoms with E-state index in [4.69, 9.17) is 10.2 Å². The third-order valence-corrected chi connectivity index (χ3v) is 3.96. The average Bonchev–Trinajstić information content (AvgIpc) is 2.55. The fraction of sp³-hybridized carbons (Fsp3) is 0.158. The van der Waals surface area contributed by atoms with Gasteiger partial charge in [-0.05, 0) is 43.9 Å². The Balaban J connectivity index is 0.000000359. The Morgan fingerprint density at radius 3 is 2.19 bits per heavy atom. The number of carboxylic acid groups (broad SMARTS) is 2. The lowest BCUT2D eigenvalue weighted by molar-refractivity contribution is -0.134. The lowest BCUT2D eigenvalue weighted by atomic mass is 10.2. The summed E-state index contributed by atoms with van der Waals surface area (Å²) in [6.45, 7) is 0.887. The third-order valence-electron chi connectivity index (χ3n) is 2.85. The molecule has 0 amide bonds. The van der Waals surface area contributed by atoms with E-state index in [0.717, 1.165) is 11.4 Å². The van der Waals surface area contributed by atoms with Gasteiger partial charge in [0.2, 0.25) is 0 Å². The molecule has 0 spiro atoms. The minimum absolute atomic E-state index is 0.190. The van der Waals surface area contributed by atoms with Crippen LogP contribution in [0.5, 0.6) is 0 Å². The van der Waals surface area contributed by atoms with Crippen LogP contribution in [0.2, 0.25) is 0 Å². The average molecular weight is 377 g/mol. The molecule has 0 radical (unpaired) electrons. The first-order valence-electron chi connectivity index (χ1n) is 7.58. The van der Waals surface area contributed by atoms with Gasteiger partial charge in [0.1, 0.15) is 5.82 Å². The number of hydrogen-bond acceptors (Lipinski definition) is 4. The Hall–Kier alpha value is -2.64. The third kappa shape index (κ3) is 9.00. The molecule has 2 aromatic carbocycles. The van der Waals surface area contributed by atoms with Crippen molar-refractivity contribution < 1.29 is 24.2 Å². The van der Waals surface area contributed by atoms with E-state index in [-0.39, 0.29) is 5.82 Å². The van der Waals surface area contributed by atoms with Gasteiger partial charge in [0.15, 0.2) is 0 Å². The highest BCUT2D eigenvalue weighted by Crippen LogP contribution is 2.31. The molecule has 0 aliphatic carbocycles. The van der Waals surface area contributed by atoms with Crippen LogP contribution in [0, 0.1) is 5.82 Å². The molecule has 7 heteroatoms. The molecule has 2 rings (SSSR count). The minimum atomic E-state index is -1.26. The van der Waals surface area contributed by atoms with Gasteiger partial charge < -0.3 is 15.1 Å². The van der Waals surface area contributed by atoms with Crippen LogP contribution in [0.25, 0.3) is 0 Å². The van der Waals surface area contributed by atoms with Crippen molar-refractivity contribution in [1.29, 1.82) is 0 Å². The molecule has 0 unspecified atom stereocenters. The predicted molar refractivity (Wildman–Crippen MR) is 98.8 cm³/mol. The van der Waals surface area contributed by atoms with Gasteiger partial charge in [0.25, 0.3) is 0 Å². The molecule has 2 aromatic rings. The summed E-state index contributed by atoms with van der Waals surface area (Å²) in [5.74, 6) is -2.70. The summed E-state index contributed by atoms with van der Waals surface area (Å²) in [7, 11) is 4.09. The van der Waals surface area contributed by atoms with Crippen LogP contribution >= 0.6 is 11.8 Å². The first-order chi connectivity index (χ1) is 12.3. The molecule has 0 aliphatic heterocycles. The largest absolute Gasteiger partial charge is 0.478 e. The van der Waals surface area contributed by atoms with Crippen molar-refractivity contribution in [1.82, 2.24) is 4.90 Å². The van der Waals surface area contributed by atoms with E-state index in [1.165, 1.54) is 16.5 Å². The van der Waals surface area contributed by atoms with Crippen LogP contribution < -0.4 is 0 Å². The van der Waals surface area contributed by atoms with Crippen molar-refractivity contribution in [2.75, 3.05) is 14.1 Å². The second-order valence-corrected chi connectivity index (χ2v) is 6.53. The van der Waals surface area contributed by atoms with E-state index >= 15 is 0 Å². The highest BCUT2D eigenvalue weighted by atomic mass is 32.2. The number of hydrogen-bond donors (Lipinski definition) is 2. The molecule has 0 saturated carbocycles. The molecular formula is C19H20FNO4S. The molecule has 0 fully saturated rings. The first kappa shape index (κ1) is 21.4. The van der Waals surface area contributed by atoms with E-state index in [1.807, 2.05) is 32.3 Å². The van der Waals surface area contributed by atoms with Gasteiger partial charge >= 0.3 is 11.9 Å². The van der Waals surface area contributed by atoms with E-state index in [2.05, 4.69) is 17.0 Å². The second kappa shape index (κ2) is 11.1. The highest BCUT2D eigenvalue weighted by molar-refractivity contribution is 7.99. The SMILES string of the molecule is CN(C)Cc1ccccc1Sc1cccc(F)c1.O=C(O)/C=C/C(=O)O. The summed E-state index contributed by atoms with van der Waals surface area (Å²) in [4.78, 5) is 23.3. The standard InChI is InChI=1S/C15H16FNS.C4H4O4/c1-17(2)11-12-6-3-4-9-15(12)18-14-8-5-7-13(16)10-14;5-3(6)1-2-4(7)8/h3-10H,11H2,1-2H3;1-2H,(H,5,6)(H,7,8)/b;2-1+. The number of carboxylic acids is 2. The van der Waals surface area contributed by atoms with Crippen molar-refractivity contribution in [3.63, 3.8) is 0 Å². The number of halogens is 1. The molecule has 0 atom stereocenters. The van der Waals surface area contributed by atoms with Crippen molar-refractivity contribution in [3.05, 3.63) is 72.1 Å². The van der Waals surface area contributed by atoms with Crippen molar-refractivity contribution in [3.8, 4) is 0 Å². The van der Waals surface area contributed by atoms with Crippen LogP contribution in [0.4, 0.5) is 4.39 Å². The predicted octanol–water partition coefficient (Wildman–Crippen LogP) is 3.75. The molecule has 0 aromatic heterocycles. The number of nitrogens with zero attached hydrogens (tertiary/aromatic N) is 1. The van der Waals surface area contributed by atoms with Crippen molar-refractivity contribution >= 4 is 23.7 Å². The number of rotatable bonds is 6. The van der Waals surface area contributed by atoms with Crippen LogP contribution in [0.1, 0.15) is 5.56 Å². The Morgan fingerprint density at radius 2 is 1.65 bits per heavy atom. The Kier molecular flexibility index (Phi) is 9.11. The van der Waals surface area contributed by atoms with Gasteiger partial charge in [0, 0.05) is 28.5 Å². The fourth-order valence-electron chi connectivity index (χ4n) is 1.87. The monoisotopic (exact) mass is 377 g/mol. The minimum Gasteiger partial charge on any atom is -0.478 e.